The molecule has 3 heteroatoms. The summed E-state index contributed by atoms with van der Waals surface area (Å²) in [4.78, 5) is 0. The molecule has 0 saturated heterocycles. The molecule has 0 aliphatic rings. The molecule has 0 aromatic carbocycles. The van der Waals surface area contributed by atoms with Gasteiger partial charge in [-0.25, -0.2) is 0 Å². The standard InChI is InChI=1S/C9H20O2.C9H20O/c1-6-8(7-10-5)11-9(2,3)4;1-6-8(7-10-5)9(2,3)4/h8H,6-7H2,1-5H3;8H,6-7H2,1-5H3. The minimum atomic E-state index is -0.0563. The van der Waals surface area contributed by atoms with E-state index >= 15 is 0 Å². The highest BCUT2D eigenvalue weighted by Crippen LogP contribution is 2.28. The van der Waals surface area contributed by atoms with Gasteiger partial charge in [-0.3, -0.25) is 0 Å². The van der Waals surface area contributed by atoms with Crippen LogP contribution in [0.5, 0.6) is 0 Å². The highest BCUT2D eigenvalue weighted by Gasteiger charge is 2.22. The van der Waals surface area contributed by atoms with Crippen molar-refractivity contribution < 1.29 is 14.2 Å². The topological polar surface area (TPSA) is 27.7 Å². The zero-order valence-corrected chi connectivity index (χ0v) is 16.2. The number of methoxy groups -OCH3 is 2. The average molecular weight is 305 g/mol. The van der Waals surface area contributed by atoms with E-state index in [1.807, 2.05) is 0 Å². The van der Waals surface area contributed by atoms with Gasteiger partial charge >= 0.3 is 0 Å². The minimum Gasteiger partial charge on any atom is -0.384 e. The van der Waals surface area contributed by atoms with E-state index in [0.29, 0.717) is 17.9 Å². The largest absolute Gasteiger partial charge is 0.384 e. The van der Waals surface area contributed by atoms with Crippen LogP contribution < -0.4 is 0 Å². The second kappa shape index (κ2) is 11.4. The van der Waals surface area contributed by atoms with Crippen molar-refractivity contribution in [3.63, 3.8) is 0 Å². The third-order valence-electron chi connectivity index (χ3n) is 3.41. The maximum absolute atomic E-state index is 5.70. The van der Waals surface area contributed by atoms with Gasteiger partial charge < -0.3 is 14.2 Å². The van der Waals surface area contributed by atoms with E-state index < -0.39 is 0 Å². The zero-order chi connectivity index (χ0) is 17.1. The van der Waals surface area contributed by atoms with Crippen molar-refractivity contribution in [2.45, 2.75) is 79.9 Å². The van der Waals surface area contributed by atoms with Gasteiger partial charge in [0.1, 0.15) is 0 Å². The van der Waals surface area contributed by atoms with Crippen molar-refractivity contribution in [3.8, 4) is 0 Å². The second-order valence-corrected chi connectivity index (χ2v) is 7.64. The minimum absolute atomic E-state index is 0.0563. The summed E-state index contributed by atoms with van der Waals surface area (Å²) in [5, 5.41) is 0. The van der Waals surface area contributed by atoms with Gasteiger partial charge in [-0.2, -0.15) is 0 Å². The molecule has 0 bridgehead atoms. The van der Waals surface area contributed by atoms with Gasteiger partial charge in [-0.15, -0.1) is 0 Å². The molecule has 0 spiro atoms. The van der Waals surface area contributed by atoms with Gasteiger partial charge in [0, 0.05) is 20.8 Å². The summed E-state index contributed by atoms with van der Waals surface area (Å²) in [5.41, 5.74) is 0.337. The fourth-order valence-corrected chi connectivity index (χ4v) is 2.10. The van der Waals surface area contributed by atoms with Crippen molar-refractivity contribution in [2.75, 3.05) is 27.4 Å². The van der Waals surface area contributed by atoms with Gasteiger partial charge in [-0.1, -0.05) is 41.0 Å². The number of rotatable bonds is 7. The maximum atomic E-state index is 5.70. The Labute approximate surface area is 133 Å². The zero-order valence-electron chi connectivity index (χ0n) is 16.2. The van der Waals surface area contributed by atoms with E-state index in [-0.39, 0.29) is 11.7 Å². The predicted molar refractivity (Wildman–Crippen MR) is 91.9 cm³/mol. The van der Waals surface area contributed by atoms with Crippen molar-refractivity contribution in [1.82, 2.24) is 0 Å². The molecule has 0 heterocycles. The third kappa shape index (κ3) is 14.6. The molecule has 130 valence electrons. The molecule has 0 aliphatic carbocycles. The Bertz CT molecular complexity index is 226. The Balaban J connectivity index is 0. The summed E-state index contributed by atoms with van der Waals surface area (Å²) in [5.74, 6) is 0.692. The molecule has 21 heavy (non-hydrogen) atoms. The van der Waals surface area contributed by atoms with Gasteiger partial charge in [0.2, 0.25) is 0 Å². The molecule has 0 aromatic rings. The first kappa shape index (κ1) is 23.2. The predicted octanol–water partition coefficient (Wildman–Crippen LogP) is 4.93. The maximum Gasteiger partial charge on any atom is 0.0812 e. The molecule has 0 radical (unpaired) electrons. The number of hydrogen-bond donors (Lipinski definition) is 0. The lowest BCUT2D eigenvalue weighted by Crippen LogP contribution is -2.29. The highest BCUT2D eigenvalue weighted by molar-refractivity contribution is 4.71. The van der Waals surface area contributed by atoms with Crippen molar-refractivity contribution in [1.29, 1.82) is 0 Å². The van der Waals surface area contributed by atoms with Crippen LogP contribution in [-0.2, 0) is 14.2 Å². The summed E-state index contributed by atoms with van der Waals surface area (Å²) < 4.78 is 15.8. The Morgan fingerprint density at radius 1 is 0.762 bits per heavy atom. The number of hydrogen-bond acceptors (Lipinski definition) is 3. The van der Waals surface area contributed by atoms with Crippen LogP contribution in [0.2, 0.25) is 0 Å². The Morgan fingerprint density at radius 2 is 1.24 bits per heavy atom. The lowest BCUT2D eigenvalue weighted by molar-refractivity contribution is -0.0871. The van der Waals surface area contributed by atoms with Crippen LogP contribution >= 0.6 is 0 Å². The van der Waals surface area contributed by atoms with Gasteiger partial charge in [0.25, 0.3) is 0 Å². The second-order valence-electron chi connectivity index (χ2n) is 7.64. The van der Waals surface area contributed by atoms with Crippen LogP contribution in [0.1, 0.15) is 68.2 Å². The summed E-state index contributed by atoms with van der Waals surface area (Å²) in [7, 11) is 3.48. The van der Waals surface area contributed by atoms with Crippen molar-refractivity contribution >= 4 is 0 Å². The monoisotopic (exact) mass is 304 g/mol. The van der Waals surface area contributed by atoms with E-state index in [0.717, 1.165) is 13.0 Å². The van der Waals surface area contributed by atoms with Crippen molar-refractivity contribution in [2.24, 2.45) is 11.3 Å². The summed E-state index contributed by atoms with van der Waals surface area (Å²) in [6.07, 6.45) is 2.45. The fourth-order valence-electron chi connectivity index (χ4n) is 2.10. The van der Waals surface area contributed by atoms with E-state index in [1.165, 1.54) is 6.42 Å². The first-order valence-corrected chi connectivity index (χ1v) is 8.17. The van der Waals surface area contributed by atoms with E-state index in [2.05, 4.69) is 55.4 Å². The highest BCUT2D eigenvalue weighted by atomic mass is 16.5. The number of ether oxygens (including phenoxy) is 3. The van der Waals surface area contributed by atoms with Crippen LogP contribution in [0.3, 0.4) is 0 Å². The van der Waals surface area contributed by atoms with Crippen LogP contribution in [0, 0.1) is 11.3 Å². The molecule has 0 aromatic heterocycles. The molecule has 0 fully saturated rings. The molecule has 0 saturated carbocycles. The van der Waals surface area contributed by atoms with Gasteiger partial charge in [-0.05, 0) is 38.5 Å². The molecule has 0 rings (SSSR count). The lowest BCUT2D eigenvalue weighted by Gasteiger charge is -2.28. The summed E-state index contributed by atoms with van der Waals surface area (Å²) >= 11 is 0. The molecular formula is C18H40O3. The smallest absolute Gasteiger partial charge is 0.0812 e. The summed E-state index contributed by atoms with van der Waals surface area (Å²) in [6, 6.07) is 0. The summed E-state index contributed by atoms with van der Waals surface area (Å²) in [6.45, 7) is 18.9. The average Bonchev–Trinajstić information content (AvgIpc) is 2.33. The van der Waals surface area contributed by atoms with Crippen LogP contribution in [0.15, 0.2) is 0 Å². The molecule has 2 atom stereocenters. The first-order chi connectivity index (χ1) is 9.51. The molecule has 3 nitrogen and oxygen atoms in total. The SMILES string of the molecule is CCC(COC)C(C)(C)C.CCC(COC)OC(C)(C)C. The quantitative estimate of drug-likeness (QED) is 0.667. The fraction of sp³-hybridized carbons (Fsp3) is 1.00. The Hall–Kier alpha value is -0.120. The molecule has 0 aliphatic heterocycles. The van der Waals surface area contributed by atoms with Crippen LogP contribution in [-0.4, -0.2) is 39.1 Å². The van der Waals surface area contributed by atoms with E-state index in [4.69, 9.17) is 14.2 Å². The lowest BCUT2D eigenvalue weighted by atomic mass is 9.80. The Morgan fingerprint density at radius 3 is 1.43 bits per heavy atom. The molecule has 2 unspecified atom stereocenters. The van der Waals surface area contributed by atoms with Crippen LogP contribution in [0.4, 0.5) is 0 Å². The van der Waals surface area contributed by atoms with Crippen LogP contribution in [0.25, 0.3) is 0 Å². The Kier molecular flexibility index (Phi) is 12.6. The molecular weight excluding hydrogens is 264 g/mol. The van der Waals surface area contributed by atoms with E-state index in [9.17, 15) is 0 Å². The van der Waals surface area contributed by atoms with E-state index in [1.54, 1.807) is 14.2 Å². The van der Waals surface area contributed by atoms with Crippen molar-refractivity contribution in [3.05, 3.63) is 0 Å². The normalized spacial score (nSPS) is 15.1. The molecule has 0 N–H and O–H groups in total. The van der Waals surface area contributed by atoms with Gasteiger partial charge in [0.05, 0.1) is 18.3 Å². The molecule has 0 amide bonds. The third-order valence-corrected chi connectivity index (χ3v) is 3.41. The first-order valence-electron chi connectivity index (χ1n) is 8.17. The van der Waals surface area contributed by atoms with Gasteiger partial charge in [0.15, 0.2) is 0 Å².